The van der Waals surface area contributed by atoms with Gasteiger partial charge in [-0.25, -0.2) is 0 Å². The third kappa shape index (κ3) is 2.10. The Kier molecular flexibility index (Phi) is 2.36. The fourth-order valence-electron chi connectivity index (χ4n) is 1.27. The van der Waals surface area contributed by atoms with Crippen molar-refractivity contribution in [2.24, 2.45) is 5.73 Å². The molecule has 0 saturated carbocycles. The van der Waals surface area contributed by atoms with Gasteiger partial charge in [0.25, 0.3) is 6.01 Å². The molecular formula is C11H15N3O. The number of oxazole rings is 1. The molecule has 4 nitrogen and oxygen atoms in total. The van der Waals surface area contributed by atoms with E-state index in [1.165, 1.54) is 0 Å². The Morgan fingerprint density at radius 3 is 2.80 bits per heavy atom. The topological polar surface area (TPSA) is 64.1 Å². The molecule has 0 saturated heterocycles. The summed E-state index contributed by atoms with van der Waals surface area (Å²) in [5.74, 6) is 0. The second-order valence-corrected chi connectivity index (χ2v) is 4.20. The van der Waals surface area contributed by atoms with Gasteiger partial charge in [0.15, 0.2) is 5.58 Å². The van der Waals surface area contributed by atoms with Crippen molar-refractivity contribution in [3.63, 3.8) is 0 Å². The number of nitrogens with two attached hydrogens (primary N) is 1. The molecule has 1 heterocycles. The standard InChI is InChI=1S/C11H15N3O/c1-11(2,7-12)14-10-13-8-5-3-4-6-9(8)15-10/h3-6H,7,12H2,1-2H3,(H,13,14). The Balaban J connectivity index is 2.30. The normalized spacial score (nSPS) is 11.9. The second-order valence-electron chi connectivity index (χ2n) is 4.20. The number of anilines is 1. The van der Waals surface area contributed by atoms with Crippen LogP contribution in [0.1, 0.15) is 13.8 Å². The van der Waals surface area contributed by atoms with Crippen LogP contribution < -0.4 is 11.1 Å². The maximum atomic E-state index is 5.62. The van der Waals surface area contributed by atoms with E-state index in [0.29, 0.717) is 12.6 Å². The number of fused-ring (bicyclic) bond motifs is 1. The van der Waals surface area contributed by atoms with E-state index in [1.54, 1.807) is 0 Å². The van der Waals surface area contributed by atoms with E-state index in [2.05, 4.69) is 10.3 Å². The Morgan fingerprint density at radius 1 is 1.40 bits per heavy atom. The molecule has 0 unspecified atom stereocenters. The molecular weight excluding hydrogens is 190 g/mol. The summed E-state index contributed by atoms with van der Waals surface area (Å²) >= 11 is 0. The van der Waals surface area contributed by atoms with Crippen molar-refractivity contribution >= 4 is 17.1 Å². The highest BCUT2D eigenvalue weighted by Crippen LogP contribution is 2.20. The molecule has 0 amide bonds. The number of para-hydroxylation sites is 2. The van der Waals surface area contributed by atoms with Gasteiger partial charge in [0.1, 0.15) is 5.52 Å². The maximum Gasteiger partial charge on any atom is 0.296 e. The van der Waals surface area contributed by atoms with Gasteiger partial charge >= 0.3 is 0 Å². The minimum absolute atomic E-state index is 0.207. The van der Waals surface area contributed by atoms with Gasteiger partial charge in [-0.15, -0.1) is 0 Å². The molecule has 2 aromatic rings. The molecule has 0 fully saturated rings. The summed E-state index contributed by atoms with van der Waals surface area (Å²) in [4.78, 5) is 4.31. The molecule has 1 aromatic carbocycles. The van der Waals surface area contributed by atoms with Crippen LogP contribution in [-0.2, 0) is 0 Å². The van der Waals surface area contributed by atoms with Gasteiger partial charge in [-0.2, -0.15) is 4.98 Å². The van der Waals surface area contributed by atoms with E-state index in [1.807, 2.05) is 38.1 Å². The zero-order chi connectivity index (χ0) is 10.9. The number of benzene rings is 1. The van der Waals surface area contributed by atoms with E-state index in [9.17, 15) is 0 Å². The molecule has 80 valence electrons. The Bertz CT molecular complexity index is 429. The smallest absolute Gasteiger partial charge is 0.296 e. The monoisotopic (exact) mass is 205 g/mol. The number of nitrogens with one attached hydrogen (secondary N) is 1. The van der Waals surface area contributed by atoms with Crippen molar-refractivity contribution in [3.8, 4) is 0 Å². The van der Waals surface area contributed by atoms with Crippen molar-refractivity contribution in [2.75, 3.05) is 11.9 Å². The highest BCUT2D eigenvalue weighted by Gasteiger charge is 2.17. The molecule has 15 heavy (non-hydrogen) atoms. The predicted molar refractivity (Wildman–Crippen MR) is 60.8 cm³/mol. The first-order valence-electron chi connectivity index (χ1n) is 4.94. The van der Waals surface area contributed by atoms with Crippen LogP contribution in [0.15, 0.2) is 28.7 Å². The van der Waals surface area contributed by atoms with Crippen LogP contribution in [-0.4, -0.2) is 17.1 Å². The molecule has 0 spiro atoms. The highest BCUT2D eigenvalue weighted by atomic mass is 16.4. The first-order chi connectivity index (χ1) is 7.11. The van der Waals surface area contributed by atoms with Crippen LogP contribution in [0.2, 0.25) is 0 Å². The third-order valence-electron chi connectivity index (χ3n) is 2.25. The van der Waals surface area contributed by atoms with Crippen LogP contribution in [0.25, 0.3) is 11.1 Å². The predicted octanol–water partition coefficient (Wildman–Crippen LogP) is 1.98. The van der Waals surface area contributed by atoms with Gasteiger partial charge < -0.3 is 15.5 Å². The van der Waals surface area contributed by atoms with Crippen LogP contribution in [0.5, 0.6) is 0 Å². The molecule has 0 bridgehead atoms. The lowest BCUT2D eigenvalue weighted by atomic mass is 10.1. The quantitative estimate of drug-likeness (QED) is 0.804. The average Bonchev–Trinajstić information content (AvgIpc) is 2.58. The van der Waals surface area contributed by atoms with E-state index in [0.717, 1.165) is 11.1 Å². The van der Waals surface area contributed by atoms with Crippen molar-refractivity contribution in [2.45, 2.75) is 19.4 Å². The van der Waals surface area contributed by atoms with Crippen LogP contribution >= 0.6 is 0 Å². The van der Waals surface area contributed by atoms with E-state index >= 15 is 0 Å². The SMILES string of the molecule is CC(C)(CN)Nc1nc2ccccc2o1. The zero-order valence-corrected chi connectivity index (χ0v) is 8.95. The van der Waals surface area contributed by atoms with Gasteiger partial charge in [-0.3, -0.25) is 0 Å². The molecule has 0 radical (unpaired) electrons. The summed E-state index contributed by atoms with van der Waals surface area (Å²) in [6.45, 7) is 4.52. The van der Waals surface area contributed by atoms with Crippen molar-refractivity contribution in [1.29, 1.82) is 0 Å². The lowest BCUT2D eigenvalue weighted by molar-refractivity contribution is 0.529. The average molecular weight is 205 g/mol. The van der Waals surface area contributed by atoms with Crippen LogP contribution in [0.3, 0.4) is 0 Å². The van der Waals surface area contributed by atoms with E-state index in [4.69, 9.17) is 10.2 Å². The first-order valence-corrected chi connectivity index (χ1v) is 4.94. The minimum Gasteiger partial charge on any atom is -0.424 e. The zero-order valence-electron chi connectivity index (χ0n) is 8.95. The lowest BCUT2D eigenvalue weighted by Gasteiger charge is -2.22. The molecule has 1 aromatic heterocycles. The lowest BCUT2D eigenvalue weighted by Crippen LogP contribution is -2.39. The summed E-state index contributed by atoms with van der Waals surface area (Å²) in [5, 5.41) is 3.15. The van der Waals surface area contributed by atoms with Crippen LogP contribution in [0, 0.1) is 0 Å². The van der Waals surface area contributed by atoms with Crippen molar-refractivity contribution < 1.29 is 4.42 Å². The summed E-state index contributed by atoms with van der Waals surface area (Å²) in [6, 6.07) is 8.18. The summed E-state index contributed by atoms with van der Waals surface area (Å²) in [7, 11) is 0. The Hall–Kier alpha value is -1.55. The molecule has 3 N–H and O–H groups in total. The largest absolute Gasteiger partial charge is 0.424 e. The molecule has 4 heteroatoms. The van der Waals surface area contributed by atoms with E-state index < -0.39 is 0 Å². The fourth-order valence-corrected chi connectivity index (χ4v) is 1.27. The third-order valence-corrected chi connectivity index (χ3v) is 2.25. The maximum absolute atomic E-state index is 5.62. The minimum atomic E-state index is -0.207. The fraction of sp³-hybridized carbons (Fsp3) is 0.364. The first kappa shape index (κ1) is 9.98. The summed E-state index contributed by atoms with van der Waals surface area (Å²) < 4.78 is 5.53. The molecule has 2 rings (SSSR count). The summed E-state index contributed by atoms with van der Waals surface area (Å²) in [5.41, 5.74) is 7.05. The van der Waals surface area contributed by atoms with Crippen LogP contribution in [0.4, 0.5) is 6.01 Å². The summed E-state index contributed by atoms with van der Waals surface area (Å²) in [6.07, 6.45) is 0. The molecule has 0 aliphatic carbocycles. The number of aromatic nitrogens is 1. The number of nitrogens with zero attached hydrogens (tertiary/aromatic N) is 1. The molecule has 0 aliphatic rings. The number of hydrogen-bond donors (Lipinski definition) is 2. The number of hydrogen-bond acceptors (Lipinski definition) is 4. The van der Waals surface area contributed by atoms with Gasteiger partial charge in [0, 0.05) is 12.1 Å². The number of rotatable bonds is 3. The van der Waals surface area contributed by atoms with Crippen molar-refractivity contribution in [1.82, 2.24) is 4.98 Å². The Labute approximate surface area is 88.5 Å². The Morgan fingerprint density at radius 2 is 2.13 bits per heavy atom. The highest BCUT2D eigenvalue weighted by molar-refractivity contribution is 5.74. The molecule has 0 atom stereocenters. The van der Waals surface area contributed by atoms with E-state index in [-0.39, 0.29) is 5.54 Å². The van der Waals surface area contributed by atoms with Gasteiger partial charge in [0.2, 0.25) is 0 Å². The van der Waals surface area contributed by atoms with Gasteiger partial charge in [-0.05, 0) is 26.0 Å². The second kappa shape index (κ2) is 3.55. The van der Waals surface area contributed by atoms with Crippen molar-refractivity contribution in [3.05, 3.63) is 24.3 Å². The molecule has 0 aliphatic heterocycles. The van der Waals surface area contributed by atoms with Gasteiger partial charge in [0.05, 0.1) is 0 Å². The van der Waals surface area contributed by atoms with Gasteiger partial charge in [-0.1, -0.05) is 12.1 Å².